The minimum absolute atomic E-state index is 0. The molecule has 9 heteroatoms. The normalized spacial score (nSPS) is 14.1. The summed E-state index contributed by atoms with van der Waals surface area (Å²) in [5, 5.41) is 0. The van der Waals surface area contributed by atoms with Gasteiger partial charge in [0.05, 0.1) is 0 Å². The first-order chi connectivity index (χ1) is 23.2. The topological polar surface area (TPSA) is 0 Å². The molecule has 0 saturated heterocycles. The second kappa shape index (κ2) is 16.1. The van der Waals surface area contributed by atoms with E-state index in [1.54, 1.807) is 0 Å². The molecule has 0 heterocycles. The van der Waals surface area contributed by atoms with Crippen molar-refractivity contribution < 1.29 is 46.1 Å². The molecule has 0 N–H and O–H groups in total. The average molecular weight is 934 g/mol. The SMILES string of the molecule is Cc1cc2c(cc1C(C)(C)C)-c1cc(C(C)(C)C)c(C)cc1[CH]2[Zr+2]([C]1=CC=CC1)=[C](c1cccc(C(Cl)(Cl)Cl)c1)c1cccc(C(Cl)(Cl)Cl)c1.[Cl-].[Cl-]. The summed E-state index contributed by atoms with van der Waals surface area (Å²) in [7, 11) is 0. The zero-order valence-electron chi connectivity index (χ0n) is 30.5. The van der Waals surface area contributed by atoms with Crippen molar-refractivity contribution in [3.8, 4) is 11.1 Å². The van der Waals surface area contributed by atoms with Gasteiger partial charge in [-0.3, -0.25) is 0 Å². The summed E-state index contributed by atoms with van der Waals surface area (Å²) < 4.78 is -0.178. The fourth-order valence-electron chi connectivity index (χ4n) is 7.82. The maximum absolute atomic E-state index is 6.54. The van der Waals surface area contributed by atoms with Crippen LogP contribution in [-0.2, 0) is 39.7 Å². The van der Waals surface area contributed by atoms with Gasteiger partial charge < -0.3 is 24.8 Å². The molecule has 4 aromatic rings. The molecule has 0 atom stereocenters. The van der Waals surface area contributed by atoms with E-state index >= 15 is 0 Å². The van der Waals surface area contributed by atoms with Gasteiger partial charge >= 0.3 is 339 Å². The fourth-order valence-corrected chi connectivity index (χ4v) is 17.4. The molecule has 0 aromatic heterocycles. The Morgan fingerprint density at radius 3 is 1.38 bits per heavy atom. The number of hydrogen-bond acceptors (Lipinski definition) is 0. The Hall–Kier alpha value is -0.567. The molecule has 0 spiro atoms. The predicted octanol–water partition coefficient (Wildman–Crippen LogP) is 8.36. The van der Waals surface area contributed by atoms with Crippen LogP contribution in [0.2, 0.25) is 0 Å². The molecule has 0 bridgehead atoms. The largest absolute Gasteiger partial charge is 1.00 e. The molecule has 0 saturated carbocycles. The predicted molar refractivity (Wildman–Crippen MR) is 217 cm³/mol. The van der Waals surface area contributed by atoms with Gasteiger partial charge in [-0.1, -0.05) is 0 Å². The molecule has 0 radical (unpaired) electrons. The van der Waals surface area contributed by atoms with Crippen LogP contribution >= 0.6 is 69.6 Å². The zero-order chi connectivity index (χ0) is 36.6. The summed E-state index contributed by atoms with van der Waals surface area (Å²) in [5.41, 5.74) is 14.2. The molecule has 274 valence electrons. The Labute approximate surface area is 360 Å². The molecule has 0 unspecified atom stereocenters. The third-order valence-electron chi connectivity index (χ3n) is 9.95. The minimum Gasteiger partial charge on any atom is -1.00 e. The van der Waals surface area contributed by atoms with E-state index in [0.717, 1.165) is 17.5 Å². The van der Waals surface area contributed by atoms with Gasteiger partial charge in [0, 0.05) is 0 Å². The van der Waals surface area contributed by atoms with Gasteiger partial charge in [-0.2, -0.15) is 0 Å². The van der Waals surface area contributed by atoms with E-state index < -0.39 is 28.9 Å². The number of alkyl halides is 6. The summed E-state index contributed by atoms with van der Waals surface area (Å²) in [5.74, 6) is 0. The van der Waals surface area contributed by atoms with Crippen molar-refractivity contribution >= 4 is 72.8 Å². The van der Waals surface area contributed by atoms with Gasteiger partial charge in [0.25, 0.3) is 0 Å². The third-order valence-corrected chi connectivity index (χ3v) is 19.6. The van der Waals surface area contributed by atoms with E-state index in [1.165, 1.54) is 51.0 Å². The molecule has 52 heavy (non-hydrogen) atoms. The number of benzene rings is 4. The van der Waals surface area contributed by atoms with Crippen molar-refractivity contribution in [1.29, 1.82) is 0 Å². The zero-order valence-corrected chi connectivity index (χ0v) is 39.0. The first-order valence-corrected chi connectivity index (χ1v) is 23.1. The summed E-state index contributed by atoms with van der Waals surface area (Å²) >= 11 is 36.1. The summed E-state index contributed by atoms with van der Waals surface area (Å²) in [6.45, 7) is 18.4. The minimum atomic E-state index is -3.12. The molecular formula is C43H42Cl8Zr. The standard InChI is InChI=1S/C23H29.C15H8Cl6.C5H5.2ClH.Zr/c1-14-9-16-11-17-10-15(2)21(23(6,7)8)13-19(17)18(16)12-20(14)22(3,4)5;16-14(17,18)12-5-1-3-10(8-12)7-11-4-2-6-13(9-11)15(19,20)21;1-2-4-5-3-1;;;/h9-13H,1-8H3;1-6,8-9H;1-3H,4H2;2*1H;/q;;;;;+2/p-2. The van der Waals surface area contributed by atoms with E-state index in [0.29, 0.717) is 11.1 Å². The number of allylic oxidation sites excluding steroid dienone is 4. The smallest absolute Gasteiger partial charge is 1.00 e. The molecule has 0 amide bonds. The van der Waals surface area contributed by atoms with Crippen LogP contribution in [0.4, 0.5) is 0 Å². The number of fused-ring (bicyclic) bond motifs is 3. The Bertz CT molecular complexity index is 1970. The van der Waals surface area contributed by atoms with E-state index in [2.05, 4.69) is 110 Å². The maximum Gasteiger partial charge on any atom is -1.00 e. The number of rotatable bonds is 4. The van der Waals surface area contributed by atoms with Crippen LogP contribution in [0.5, 0.6) is 0 Å². The van der Waals surface area contributed by atoms with Gasteiger partial charge in [-0.05, 0) is 0 Å². The van der Waals surface area contributed by atoms with E-state index in [9.17, 15) is 0 Å². The van der Waals surface area contributed by atoms with Crippen molar-refractivity contribution in [2.24, 2.45) is 0 Å². The van der Waals surface area contributed by atoms with E-state index in [-0.39, 0.29) is 39.3 Å². The van der Waals surface area contributed by atoms with Gasteiger partial charge in [0.2, 0.25) is 0 Å². The van der Waals surface area contributed by atoms with Crippen LogP contribution in [0, 0.1) is 13.8 Å². The molecule has 0 aliphatic heterocycles. The quantitative estimate of drug-likeness (QED) is 0.181. The van der Waals surface area contributed by atoms with Crippen molar-refractivity contribution in [1.82, 2.24) is 0 Å². The van der Waals surface area contributed by atoms with Crippen LogP contribution < -0.4 is 24.8 Å². The molecular weight excluding hydrogens is 891 g/mol. The number of aryl methyl sites for hydroxylation is 2. The average Bonchev–Trinajstić information content (AvgIpc) is 3.63. The van der Waals surface area contributed by atoms with Gasteiger partial charge in [0.1, 0.15) is 0 Å². The van der Waals surface area contributed by atoms with Crippen LogP contribution in [0.15, 0.2) is 94.3 Å². The van der Waals surface area contributed by atoms with Crippen molar-refractivity contribution in [3.63, 3.8) is 0 Å². The summed E-state index contributed by atoms with van der Waals surface area (Å²) in [6.07, 6.45) is 7.76. The van der Waals surface area contributed by atoms with Crippen molar-refractivity contribution in [3.05, 3.63) is 150 Å². The molecule has 2 aliphatic carbocycles. The Kier molecular flexibility index (Phi) is 13.7. The van der Waals surface area contributed by atoms with Crippen LogP contribution in [0.3, 0.4) is 0 Å². The summed E-state index contributed by atoms with van der Waals surface area (Å²) in [6, 6.07) is 26.1. The Morgan fingerprint density at radius 2 is 1.04 bits per heavy atom. The van der Waals surface area contributed by atoms with Crippen LogP contribution in [-0.4, -0.2) is 3.21 Å². The second-order valence-corrected chi connectivity index (χ2v) is 26.5. The van der Waals surface area contributed by atoms with Gasteiger partial charge in [-0.25, -0.2) is 0 Å². The van der Waals surface area contributed by atoms with Crippen LogP contribution in [0.25, 0.3) is 11.1 Å². The maximum atomic E-state index is 6.54. The molecule has 0 nitrogen and oxygen atoms in total. The number of hydrogen-bond donors (Lipinski definition) is 0. The first-order valence-electron chi connectivity index (χ1n) is 16.9. The Balaban J connectivity index is 0.00000302. The van der Waals surface area contributed by atoms with Crippen LogP contribution in [0.1, 0.15) is 107 Å². The molecule has 0 fully saturated rings. The summed E-state index contributed by atoms with van der Waals surface area (Å²) in [4.78, 5) is 0. The van der Waals surface area contributed by atoms with Crippen molar-refractivity contribution in [2.45, 2.75) is 83.9 Å². The van der Waals surface area contributed by atoms with E-state index in [4.69, 9.17) is 69.6 Å². The van der Waals surface area contributed by atoms with Gasteiger partial charge in [-0.15, -0.1) is 0 Å². The van der Waals surface area contributed by atoms with E-state index in [1.807, 2.05) is 36.4 Å². The monoisotopic (exact) mass is 928 g/mol. The Morgan fingerprint density at radius 1 is 0.615 bits per heavy atom. The van der Waals surface area contributed by atoms with Crippen molar-refractivity contribution in [2.75, 3.05) is 0 Å². The molecule has 2 aliphatic rings. The first kappa shape index (κ1) is 44.2. The molecule has 6 rings (SSSR count). The molecule has 4 aromatic carbocycles. The number of halogens is 8. The second-order valence-electron chi connectivity index (χ2n) is 15.7. The fraction of sp³-hybridized carbons (Fsp3) is 0.326. The van der Waals surface area contributed by atoms with Gasteiger partial charge in [0.15, 0.2) is 0 Å². The third kappa shape index (κ3) is 8.86.